The lowest BCUT2D eigenvalue weighted by atomic mass is 9.81. The van der Waals surface area contributed by atoms with Crippen LogP contribution < -0.4 is 5.73 Å². The van der Waals surface area contributed by atoms with Gasteiger partial charge in [-0.05, 0) is 61.7 Å². The Morgan fingerprint density at radius 2 is 2.07 bits per heavy atom. The highest BCUT2D eigenvalue weighted by Crippen LogP contribution is 2.39. The zero-order valence-corrected chi connectivity index (χ0v) is 16.5. The predicted octanol–water partition coefficient (Wildman–Crippen LogP) is 4.00. The maximum atomic E-state index is 12.1. The first kappa shape index (κ1) is 19.4. The molecule has 1 fully saturated rings. The van der Waals surface area contributed by atoms with Gasteiger partial charge in [0.05, 0.1) is 0 Å². The van der Waals surface area contributed by atoms with Crippen LogP contribution in [0.5, 0.6) is 5.75 Å². The second kappa shape index (κ2) is 7.47. The summed E-state index contributed by atoms with van der Waals surface area (Å²) in [4.78, 5) is 12.1. The van der Waals surface area contributed by atoms with E-state index in [1.54, 1.807) is 36.4 Å². The van der Waals surface area contributed by atoms with Gasteiger partial charge in [0.1, 0.15) is 17.0 Å². The SMILES string of the molecule is NC(=O)c1cc2cc(O)ccc2n1[C@H]1CCC[C@@](O)(C#Cc2cccc(Cl)c2)C1. The van der Waals surface area contributed by atoms with E-state index in [1.165, 1.54) is 0 Å². The number of aliphatic hydroxyl groups is 1. The second-order valence-corrected chi connectivity index (χ2v) is 7.99. The van der Waals surface area contributed by atoms with Crippen molar-refractivity contribution in [1.29, 1.82) is 0 Å². The number of phenols is 1. The van der Waals surface area contributed by atoms with Crippen molar-refractivity contribution in [2.75, 3.05) is 0 Å². The molecule has 4 N–H and O–H groups in total. The van der Waals surface area contributed by atoms with E-state index in [0.717, 1.165) is 29.3 Å². The van der Waals surface area contributed by atoms with Gasteiger partial charge in [0, 0.05) is 34.0 Å². The average molecular weight is 409 g/mol. The van der Waals surface area contributed by atoms with Gasteiger partial charge in [-0.25, -0.2) is 0 Å². The zero-order chi connectivity index (χ0) is 20.6. The number of benzene rings is 2. The van der Waals surface area contributed by atoms with Gasteiger partial charge < -0.3 is 20.5 Å². The summed E-state index contributed by atoms with van der Waals surface area (Å²) >= 11 is 6.01. The molecule has 1 aromatic heterocycles. The number of fused-ring (bicyclic) bond motifs is 1. The number of carbonyl (C=O) groups is 1. The van der Waals surface area contributed by atoms with Crippen molar-refractivity contribution in [2.24, 2.45) is 5.73 Å². The molecule has 4 rings (SSSR count). The molecule has 29 heavy (non-hydrogen) atoms. The normalized spacial score (nSPS) is 21.5. The fourth-order valence-corrected chi connectivity index (χ4v) is 4.31. The Morgan fingerprint density at radius 1 is 1.24 bits per heavy atom. The second-order valence-electron chi connectivity index (χ2n) is 7.55. The van der Waals surface area contributed by atoms with Crippen molar-refractivity contribution < 1.29 is 15.0 Å². The van der Waals surface area contributed by atoms with E-state index < -0.39 is 11.5 Å². The first-order valence-electron chi connectivity index (χ1n) is 9.49. The van der Waals surface area contributed by atoms with Crippen LogP contribution in [0.3, 0.4) is 0 Å². The molecule has 148 valence electrons. The number of nitrogens with zero attached hydrogens (tertiary/aromatic N) is 1. The smallest absolute Gasteiger partial charge is 0.265 e. The number of primary amides is 1. The molecule has 5 nitrogen and oxygen atoms in total. The lowest BCUT2D eigenvalue weighted by Crippen LogP contribution is -2.35. The number of hydrogen-bond donors (Lipinski definition) is 3. The molecule has 1 aliphatic carbocycles. The average Bonchev–Trinajstić information content (AvgIpc) is 3.05. The maximum Gasteiger partial charge on any atom is 0.265 e. The summed E-state index contributed by atoms with van der Waals surface area (Å²) in [6.45, 7) is 0. The number of hydrogen-bond acceptors (Lipinski definition) is 3. The van der Waals surface area contributed by atoms with Gasteiger partial charge in [0.25, 0.3) is 5.91 Å². The number of amides is 1. The summed E-state index contributed by atoms with van der Waals surface area (Å²) in [5, 5.41) is 22.2. The fraction of sp³-hybridized carbons (Fsp3) is 0.261. The molecule has 1 aliphatic rings. The third-order valence-electron chi connectivity index (χ3n) is 5.41. The van der Waals surface area contributed by atoms with Gasteiger partial charge in [-0.2, -0.15) is 0 Å². The van der Waals surface area contributed by atoms with Crippen LogP contribution in [0.1, 0.15) is 47.8 Å². The molecule has 2 atom stereocenters. The Kier molecular flexibility index (Phi) is 4.99. The summed E-state index contributed by atoms with van der Waals surface area (Å²) in [5.74, 6) is 5.62. The van der Waals surface area contributed by atoms with Crippen molar-refractivity contribution in [2.45, 2.75) is 37.3 Å². The van der Waals surface area contributed by atoms with E-state index in [4.69, 9.17) is 17.3 Å². The molecule has 0 unspecified atom stereocenters. The Balaban J connectivity index is 1.70. The first-order chi connectivity index (χ1) is 13.8. The summed E-state index contributed by atoms with van der Waals surface area (Å²) < 4.78 is 1.88. The lowest BCUT2D eigenvalue weighted by molar-refractivity contribution is 0.0400. The Morgan fingerprint density at radius 3 is 2.83 bits per heavy atom. The van der Waals surface area contributed by atoms with E-state index in [2.05, 4.69) is 11.8 Å². The number of rotatable bonds is 2. The quantitative estimate of drug-likeness (QED) is 0.560. The Labute approximate surface area is 173 Å². The van der Waals surface area contributed by atoms with Crippen LogP contribution in [-0.4, -0.2) is 26.3 Å². The van der Waals surface area contributed by atoms with E-state index in [0.29, 0.717) is 23.6 Å². The molecule has 6 heteroatoms. The zero-order valence-electron chi connectivity index (χ0n) is 15.7. The predicted molar refractivity (Wildman–Crippen MR) is 113 cm³/mol. The van der Waals surface area contributed by atoms with E-state index >= 15 is 0 Å². The fourth-order valence-electron chi connectivity index (χ4n) is 4.12. The highest BCUT2D eigenvalue weighted by Gasteiger charge is 2.35. The summed E-state index contributed by atoms with van der Waals surface area (Å²) in [6, 6.07) is 13.7. The molecular formula is C23H21ClN2O3. The number of aromatic nitrogens is 1. The summed E-state index contributed by atoms with van der Waals surface area (Å²) in [7, 11) is 0. The van der Waals surface area contributed by atoms with Crippen molar-refractivity contribution in [3.63, 3.8) is 0 Å². The van der Waals surface area contributed by atoms with Crippen LogP contribution in [0.25, 0.3) is 10.9 Å². The molecule has 2 aromatic carbocycles. The van der Waals surface area contributed by atoms with Crippen LogP contribution in [0.15, 0.2) is 48.5 Å². The molecule has 0 radical (unpaired) electrons. The number of aromatic hydroxyl groups is 1. The third-order valence-corrected chi connectivity index (χ3v) is 5.64. The monoisotopic (exact) mass is 408 g/mol. The van der Waals surface area contributed by atoms with Gasteiger partial charge in [-0.1, -0.05) is 29.5 Å². The number of halogens is 1. The standard InChI is InChI=1S/C23H21ClN2O3/c24-17-4-1-3-15(11-17)8-10-23(29)9-2-5-18(14-23)26-20-7-6-19(27)12-16(20)13-21(26)22(25)28/h1,3-4,6-7,11-13,18,27,29H,2,5,9,14H2,(H2,25,28)/t18-,23+/m0/s1. The van der Waals surface area contributed by atoms with Gasteiger partial charge >= 0.3 is 0 Å². The molecule has 0 saturated heterocycles. The molecule has 0 aliphatic heterocycles. The van der Waals surface area contributed by atoms with Crippen LogP contribution in [0, 0.1) is 11.8 Å². The van der Waals surface area contributed by atoms with Gasteiger partial charge in [0.15, 0.2) is 0 Å². The summed E-state index contributed by atoms with van der Waals surface area (Å²) in [6.07, 6.45) is 2.50. The number of carbonyl (C=O) groups excluding carboxylic acids is 1. The molecule has 1 saturated carbocycles. The Bertz CT molecular complexity index is 1160. The minimum absolute atomic E-state index is 0.123. The Hall–Kier alpha value is -2.94. The van der Waals surface area contributed by atoms with Gasteiger partial charge in [-0.3, -0.25) is 4.79 Å². The van der Waals surface area contributed by atoms with E-state index in [1.807, 2.05) is 16.7 Å². The van der Waals surface area contributed by atoms with Crippen LogP contribution in [0.2, 0.25) is 5.02 Å². The van der Waals surface area contributed by atoms with Crippen LogP contribution in [0.4, 0.5) is 0 Å². The van der Waals surface area contributed by atoms with Crippen molar-refractivity contribution >= 4 is 28.4 Å². The van der Waals surface area contributed by atoms with Crippen molar-refractivity contribution in [3.05, 3.63) is 64.8 Å². The highest BCUT2D eigenvalue weighted by molar-refractivity contribution is 6.30. The lowest BCUT2D eigenvalue weighted by Gasteiger charge is -2.35. The van der Waals surface area contributed by atoms with Crippen molar-refractivity contribution in [3.8, 4) is 17.6 Å². The summed E-state index contributed by atoms with van der Waals surface area (Å²) in [5.41, 5.74) is 6.35. The van der Waals surface area contributed by atoms with E-state index in [9.17, 15) is 15.0 Å². The highest BCUT2D eigenvalue weighted by atomic mass is 35.5. The minimum atomic E-state index is -1.17. The largest absolute Gasteiger partial charge is 0.508 e. The first-order valence-corrected chi connectivity index (χ1v) is 9.87. The van der Waals surface area contributed by atoms with E-state index in [-0.39, 0.29) is 11.8 Å². The molecule has 3 aromatic rings. The number of nitrogens with two attached hydrogens (primary N) is 1. The molecule has 1 amide bonds. The maximum absolute atomic E-state index is 12.1. The van der Waals surface area contributed by atoms with Crippen molar-refractivity contribution in [1.82, 2.24) is 4.57 Å². The van der Waals surface area contributed by atoms with Gasteiger partial charge in [0.2, 0.25) is 0 Å². The van der Waals surface area contributed by atoms with Gasteiger partial charge in [-0.15, -0.1) is 0 Å². The molecule has 0 spiro atoms. The molecule has 1 heterocycles. The molecule has 0 bridgehead atoms. The third kappa shape index (κ3) is 3.95. The minimum Gasteiger partial charge on any atom is -0.508 e. The van der Waals surface area contributed by atoms with Crippen LogP contribution >= 0.6 is 11.6 Å². The topological polar surface area (TPSA) is 88.5 Å². The van der Waals surface area contributed by atoms with Crippen LogP contribution in [-0.2, 0) is 0 Å². The number of phenolic OH excluding ortho intramolecular Hbond substituents is 1. The molecular weight excluding hydrogens is 388 g/mol.